The molecule has 2 aromatic rings. The largest absolute Gasteiger partial charge is 0.464 e. The third-order valence-corrected chi connectivity index (χ3v) is 4.80. The third kappa shape index (κ3) is 3.19. The first-order valence-electron chi connectivity index (χ1n) is 7.70. The first-order chi connectivity index (χ1) is 11.1. The van der Waals surface area contributed by atoms with Gasteiger partial charge in [-0.25, -0.2) is 9.78 Å². The molecule has 122 valence electrons. The standard InChI is InChI=1S/C17H19BrN2O3/c1-23-17(22)15-10-16(20(7-8-21)12-3-2-4-12)13-9-11(18)5-6-14(13)19-15/h5-6,9-10,12,21H,2-4,7-8H2,1H3. The van der Waals surface area contributed by atoms with Crippen LogP contribution >= 0.6 is 15.9 Å². The molecule has 0 amide bonds. The number of aliphatic hydroxyl groups excluding tert-OH is 1. The lowest BCUT2D eigenvalue weighted by atomic mass is 9.90. The molecule has 1 fully saturated rings. The first kappa shape index (κ1) is 16.2. The fourth-order valence-corrected chi connectivity index (χ4v) is 3.29. The highest BCUT2D eigenvalue weighted by molar-refractivity contribution is 9.10. The second kappa shape index (κ2) is 6.84. The molecule has 0 spiro atoms. The molecule has 1 N–H and O–H groups in total. The quantitative estimate of drug-likeness (QED) is 0.809. The summed E-state index contributed by atoms with van der Waals surface area (Å²) in [5.41, 5.74) is 1.96. The lowest BCUT2D eigenvalue weighted by molar-refractivity contribution is 0.0594. The first-order valence-corrected chi connectivity index (χ1v) is 8.49. The van der Waals surface area contributed by atoms with Gasteiger partial charge in [0.15, 0.2) is 5.69 Å². The summed E-state index contributed by atoms with van der Waals surface area (Å²) in [7, 11) is 1.35. The Morgan fingerprint density at radius 2 is 2.22 bits per heavy atom. The summed E-state index contributed by atoms with van der Waals surface area (Å²) in [5, 5.41) is 10.4. The molecule has 0 saturated heterocycles. The molecule has 0 unspecified atom stereocenters. The Bertz CT molecular complexity index is 731. The van der Waals surface area contributed by atoms with Gasteiger partial charge in [-0.05, 0) is 43.5 Å². The van der Waals surface area contributed by atoms with Gasteiger partial charge in [-0.15, -0.1) is 0 Å². The highest BCUT2D eigenvalue weighted by Gasteiger charge is 2.27. The Balaban J connectivity index is 2.17. The summed E-state index contributed by atoms with van der Waals surface area (Å²) in [6.45, 7) is 0.610. The van der Waals surface area contributed by atoms with E-state index in [4.69, 9.17) is 4.74 Å². The molecule has 0 aliphatic heterocycles. The Morgan fingerprint density at radius 3 is 2.83 bits per heavy atom. The van der Waals surface area contributed by atoms with Crippen LogP contribution < -0.4 is 4.90 Å². The summed E-state index contributed by atoms with van der Waals surface area (Å²) in [5.74, 6) is -0.450. The second-order valence-corrected chi connectivity index (χ2v) is 6.60. The van der Waals surface area contributed by atoms with Crippen molar-refractivity contribution in [2.45, 2.75) is 25.3 Å². The maximum absolute atomic E-state index is 11.9. The number of benzene rings is 1. The van der Waals surface area contributed by atoms with Gasteiger partial charge in [-0.3, -0.25) is 0 Å². The minimum Gasteiger partial charge on any atom is -0.464 e. The van der Waals surface area contributed by atoms with Crippen LogP contribution in [-0.2, 0) is 4.74 Å². The maximum atomic E-state index is 11.9. The van der Waals surface area contributed by atoms with E-state index in [0.29, 0.717) is 18.3 Å². The highest BCUT2D eigenvalue weighted by atomic mass is 79.9. The molecule has 0 bridgehead atoms. The fraction of sp³-hybridized carbons (Fsp3) is 0.412. The number of fused-ring (bicyclic) bond motifs is 1. The molecule has 1 aromatic carbocycles. The number of aliphatic hydroxyl groups is 1. The van der Waals surface area contributed by atoms with E-state index in [1.165, 1.54) is 13.5 Å². The van der Waals surface area contributed by atoms with Crippen molar-refractivity contribution in [1.82, 2.24) is 4.98 Å². The number of hydrogen-bond acceptors (Lipinski definition) is 5. The molecule has 3 rings (SSSR count). The maximum Gasteiger partial charge on any atom is 0.356 e. The molecule has 5 nitrogen and oxygen atoms in total. The third-order valence-electron chi connectivity index (χ3n) is 4.31. The van der Waals surface area contributed by atoms with Gasteiger partial charge in [0.25, 0.3) is 0 Å². The zero-order chi connectivity index (χ0) is 16.4. The number of ether oxygens (including phenoxy) is 1. The van der Waals surface area contributed by atoms with Crippen molar-refractivity contribution >= 4 is 38.5 Å². The molecule has 0 atom stereocenters. The van der Waals surface area contributed by atoms with Gasteiger partial charge in [0.2, 0.25) is 0 Å². The van der Waals surface area contributed by atoms with E-state index >= 15 is 0 Å². The number of halogens is 1. The van der Waals surface area contributed by atoms with Crippen molar-refractivity contribution in [3.63, 3.8) is 0 Å². The van der Waals surface area contributed by atoms with E-state index in [0.717, 1.165) is 33.9 Å². The van der Waals surface area contributed by atoms with Crippen LogP contribution in [0.1, 0.15) is 29.8 Å². The topological polar surface area (TPSA) is 62.7 Å². The Labute approximate surface area is 143 Å². The lowest BCUT2D eigenvalue weighted by Crippen LogP contribution is -2.42. The van der Waals surface area contributed by atoms with Gasteiger partial charge in [0.1, 0.15) is 0 Å². The zero-order valence-corrected chi connectivity index (χ0v) is 14.5. The van der Waals surface area contributed by atoms with Crippen LogP contribution in [0.3, 0.4) is 0 Å². The monoisotopic (exact) mass is 378 g/mol. The van der Waals surface area contributed by atoms with Crippen molar-refractivity contribution in [3.8, 4) is 0 Å². The van der Waals surface area contributed by atoms with E-state index in [-0.39, 0.29) is 6.61 Å². The van der Waals surface area contributed by atoms with Gasteiger partial charge < -0.3 is 14.7 Å². The van der Waals surface area contributed by atoms with Gasteiger partial charge in [-0.2, -0.15) is 0 Å². The summed E-state index contributed by atoms with van der Waals surface area (Å²) in [6.07, 6.45) is 3.40. The van der Waals surface area contributed by atoms with Gasteiger partial charge in [-0.1, -0.05) is 15.9 Å². The average molecular weight is 379 g/mol. The number of hydrogen-bond donors (Lipinski definition) is 1. The molecule has 1 heterocycles. The summed E-state index contributed by atoms with van der Waals surface area (Å²) in [4.78, 5) is 18.5. The second-order valence-electron chi connectivity index (χ2n) is 5.68. The molecule has 1 aromatic heterocycles. The van der Waals surface area contributed by atoms with Crippen molar-refractivity contribution in [2.75, 3.05) is 25.2 Å². The Morgan fingerprint density at radius 1 is 1.43 bits per heavy atom. The number of methoxy groups -OCH3 is 1. The summed E-state index contributed by atoms with van der Waals surface area (Å²) >= 11 is 3.50. The Hall–Kier alpha value is -1.66. The zero-order valence-electron chi connectivity index (χ0n) is 13.0. The lowest BCUT2D eigenvalue weighted by Gasteiger charge is -2.39. The van der Waals surface area contributed by atoms with Crippen molar-refractivity contribution < 1.29 is 14.6 Å². The van der Waals surface area contributed by atoms with Crippen LogP contribution in [0, 0.1) is 0 Å². The predicted molar refractivity (Wildman–Crippen MR) is 92.9 cm³/mol. The van der Waals surface area contributed by atoms with Gasteiger partial charge in [0, 0.05) is 28.1 Å². The van der Waals surface area contributed by atoms with Crippen LogP contribution in [-0.4, -0.2) is 42.4 Å². The van der Waals surface area contributed by atoms with E-state index < -0.39 is 5.97 Å². The van der Waals surface area contributed by atoms with Crippen LogP contribution in [0.25, 0.3) is 10.9 Å². The highest BCUT2D eigenvalue weighted by Crippen LogP contribution is 2.35. The minimum absolute atomic E-state index is 0.0713. The van der Waals surface area contributed by atoms with Gasteiger partial charge >= 0.3 is 5.97 Å². The Kier molecular flexibility index (Phi) is 4.82. The average Bonchev–Trinajstić information content (AvgIpc) is 2.51. The fourth-order valence-electron chi connectivity index (χ4n) is 2.93. The van der Waals surface area contributed by atoms with Crippen LogP contribution in [0.2, 0.25) is 0 Å². The van der Waals surface area contributed by atoms with Gasteiger partial charge in [0.05, 0.1) is 19.2 Å². The number of anilines is 1. The molecule has 6 heteroatoms. The van der Waals surface area contributed by atoms with Crippen molar-refractivity contribution in [2.24, 2.45) is 0 Å². The smallest absolute Gasteiger partial charge is 0.356 e. The number of nitrogens with zero attached hydrogens (tertiary/aromatic N) is 2. The molecular formula is C17H19BrN2O3. The van der Waals surface area contributed by atoms with E-state index in [1.807, 2.05) is 18.2 Å². The SMILES string of the molecule is COC(=O)c1cc(N(CCO)C2CCC2)c2cc(Br)ccc2n1. The predicted octanol–water partition coefficient (Wildman–Crippen LogP) is 3.14. The van der Waals surface area contributed by atoms with E-state index in [1.54, 1.807) is 6.07 Å². The molecule has 1 saturated carbocycles. The van der Waals surface area contributed by atoms with Crippen LogP contribution in [0.4, 0.5) is 5.69 Å². The number of carbonyl (C=O) groups excluding carboxylic acids is 1. The molecular weight excluding hydrogens is 360 g/mol. The minimum atomic E-state index is -0.450. The number of aromatic nitrogens is 1. The molecule has 1 aliphatic rings. The molecule has 0 radical (unpaired) electrons. The molecule has 1 aliphatic carbocycles. The summed E-state index contributed by atoms with van der Waals surface area (Å²) in [6, 6.07) is 7.96. The number of rotatable bonds is 5. The number of carbonyl (C=O) groups is 1. The summed E-state index contributed by atoms with van der Waals surface area (Å²) < 4.78 is 5.78. The molecule has 23 heavy (non-hydrogen) atoms. The van der Waals surface area contributed by atoms with Crippen molar-refractivity contribution in [3.05, 3.63) is 34.4 Å². The van der Waals surface area contributed by atoms with E-state index in [2.05, 4.69) is 25.8 Å². The normalized spacial score (nSPS) is 14.6. The number of esters is 1. The van der Waals surface area contributed by atoms with Crippen molar-refractivity contribution in [1.29, 1.82) is 0 Å². The van der Waals surface area contributed by atoms with Crippen LogP contribution in [0.5, 0.6) is 0 Å². The van der Waals surface area contributed by atoms with E-state index in [9.17, 15) is 9.90 Å². The number of pyridine rings is 1. The van der Waals surface area contributed by atoms with Crippen LogP contribution in [0.15, 0.2) is 28.7 Å².